The topological polar surface area (TPSA) is 81.1 Å². The Morgan fingerprint density at radius 1 is 1.18 bits per heavy atom. The summed E-state index contributed by atoms with van der Waals surface area (Å²) in [4.78, 5) is 10.5. The lowest BCUT2D eigenvalue weighted by atomic mass is 9.97. The number of hydrogen-bond acceptors (Lipinski definition) is 6. The molecule has 5 rings (SSSR count). The quantitative estimate of drug-likeness (QED) is 0.456. The van der Waals surface area contributed by atoms with E-state index in [1.165, 1.54) is 12.1 Å². The van der Waals surface area contributed by atoms with Gasteiger partial charge in [-0.25, -0.2) is 5.01 Å². The summed E-state index contributed by atoms with van der Waals surface area (Å²) in [5.74, 6) is 1.44. The Hall–Kier alpha value is -3.32. The number of rotatable bonds is 3. The second-order valence-corrected chi connectivity index (χ2v) is 7.06. The van der Waals surface area contributed by atoms with Gasteiger partial charge >= 0.3 is 0 Å². The summed E-state index contributed by atoms with van der Waals surface area (Å²) in [6.45, 7) is 0. The zero-order valence-electron chi connectivity index (χ0n) is 14.5. The van der Waals surface area contributed by atoms with Crippen LogP contribution in [0.2, 0.25) is 5.02 Å². The van der Waals surface area contributed by atoms with Crippen LogP contribution in [0.3, 0.4) is 0 Å². The number of halogens is 1. The molecule has 7 nitrogen and oxygen atoms in total. The molecule has 0 radical (unpaired) electrons. The van der Waals surface area contributed by atoms with E-state index < -0.39 is 11.2 Å². The van der Waals surface area contributed by atoms with Crippen molar-refractivity contribution in [1.29, 1.82) is 0 Å². The van der Waals surface area contributed by atoms with Crippen molar-refractivity contribution >= 4 is 23.0 Å². The molecule has 0 spiro atoms. The van der Waals surface area contributed by atoms with Gasteiger partial charge in [0.05, 0.1) is 17.2 Å². The molecule has 2 aliphatic rings. The van der Waals surface area contributed by atoms with Crippen LogP contribution in [-0.4, -0.2) is 15.6 Å². The number of fused-ring (bicyclic) bond motifs is 3. The molecule has 3 aromatic rings. The summed E-state index contributed by atoms with van der Waals surface area (Å²) in [5, 5.41) is 18.2. The van der Waals surface area contributed by atoms with Gasteiger partial charge in [0.1, 0.15) is 17.2 Å². The first-order chi connectivity index (χ1) is 13.6. The fraction of sp³-hybridized carbons (Fsp3) is 0.150. The molecule has 0 fully saturated rings. The molecular weight excluding hydrogens is 382 g/mol. The maximum Gasteiger partial charge on any atom is 0.269 e. The van der Waals surface area contributed by atoms with Crippen molar-refractivity contribution in [3.8, 4) is 5.75 Å². The van der Waals surface area contributed by atoms with Gasteiger partial charge in [0.15, 0.2) is 0 Å². The monoisotopic (exact) mass is 395 g/mol. The fourth-order valence-electron chi connectivity index (χ4n) is 3.63. The molecule has 2 atom stereocenters. The van der Waals surface area contributed by atoms with E-state index >= 15 is 0 Å². The molecular formula is C20H14ClN3O4. The normalized spacial score (nSPS) is 20.2. The maximum atomic E-state index is 11.0. The highest BCUT2D eigenvalue weighted by Crippen LogP contribution is 2.48. The number of hydrazone groups is 1. The minimum absolute atomic E-state index is 0.0319. The van der Waals surface area contributed by atoms with Crippen LogP contribution in [0.25, 0.3) is 0 Å². The first-order valence-corrected chi connectivity index (χ1v) is 9.08. The third kappa shape index (κ3) is 2.71. The molecule has 8 heteroatoms. The maximum absolute atomic E-state index is 11.0. The summed E-state index contributed by atoms with van der Waals surface area (Å²) in [6, 6.07) is 15.5. The third-order valence-corrected chi connectivity index (χ3v) is 5.18. The largest absolute Gasteiger partial charge is 0.464 e. The number of nitro groups is 1. The molecule has 0 amide bonds. The van der Waals surface area contributed by atoms with E-state index in [9.17, 15) is 10.1 Å². The van der Waals surface area contributed by atoms with E-state index in [4.69, 9.17) is 25.9 Å². The number of nitrogens with zero attached hydrogens (tertiary/aromatic N) is 3. The predicted molar refractivity (Wildman–Crippen MR) is 102 cm³/mol. The number of benzene rings is 2. The lowest BCUT2D eigenvalue weighted by Gasteiger charge is -2.38. The van der Waals surface area contributed by atoms with Crippen molar-refractivity contribution in [2.75, 3.05) is 0 Å². The smallest absolute Gasteiger partial charge is 0.269 e. The average Bonchev–Trinajstić information content (AvgIpc) is 3.37. The number of hydrogen-bond donors (Lipinski definition) is 0. The Labute approximate surface area is 164 Å². The molecule has 0 saturated carbocycles. The molecule has 28 heavy (non-hydrogen) atoms. The van der Waals surface area contributed by atoms with Gasteiger partial charge in [-0.2, -0.15) is 5.10 Å². The average molecular weight is 396 g/mol. The summed E-state index contributed by atoms with van der Waals surface area (Å²) in [6.07, 6.45) is 1.75. The van der Waals surface area contributed by atoms with Crippen molar-refractivity contribution < 1.29 is 14.1 Å². The van der Waals surface area contributed by atoms with Crippen molar-refractivity contribution in [3.63, 3.8) is 0 Å². The Morgan fingerprint density at radius 2 is 2.00 bits per heavy atom. The molecule has 0 saturated heterocycles. The predicted octanol–water partition coefficient (Wildman–Crippen LogP) is 5.08. The van der Waals surface area contributed by atoms with Crippen LogP contribution in [0.4, 0.5) is 5.69 Å². The van der Waals surface area contributed by atoms with E-state index in [1.807, 2.05) is 29.3 Å². The Bertz CT molecular complexity index is 1080. The molecule has 2 aliphatic heterocycles. The van der Waals surface area contributed by atoms with Gasteiger partial charge in [-0.15, -0.1) is 0 Å². The van der Waals surface area contributed by atoms with Crippen LogP contribution in [0.5, 0.6) is 5.75 Å². The SMILES string of the molecule is O=[N+]([O-])c1ccc([C@H]2Oc3ccc(Cl)cc3[C@@H]3CC(c4ccco4)=NN23)cc1. The number of ether oxygens (including phenoxy) is 1. The van der Waals surface area contributed by atoms with Crippen LogP contribution in [0.15, 0.2) is 70.4 Å². The molecule has 140 valence electrons. The van der Waals surface area contributed by atoms with Crippen LogP contribution >= 0.6 is 11.6 Å². The second kappa shape index (κ2) is 6.38. The van der Waals surface area contributed by atoms with Gasteiger partial charge in [-0.3, -0.25) is 10.1 Å². The van der Waals surface area contributed by atoms with E-state index in [0.717, 1.165) is 22.6 Å². The minimum Gasteiger partial charge on any atom is -0.464 e. The summed E-state index contributed by atoms with van der Waals surface area (Å²) in [7, 11) is 0. The van der Waals surface area contributed by atoms with Crippen molar-refractivity contribution in [3.05, 3.63) is 92.9 Å². The van der Waals surface area contributed by atoms with E-state index in [1.54, 1.807) is 24.5 Å². The number of furan rings is 1. The Kier molecular flexibility index (Phi) is 3.84. The van der Waals surface area contributed by atoms with Gasteiger partial charge in [-0.05, 0) is 42.5 Å². The minimum atomic E-state index is -0.507. The highest BCUT2D eigenvalue weighted by molar-refractivity contribution is 6.30. The molecule has 1 aromatic heterocycles. The van der Waals surface area contributed by atoms with Gasteiger partial charge in [0.25, 0.3) is 5.69 Å². The zero-order valence-corrected chi connectivity index (χ0v) is 15.2. The standard InChI is InChI=1S/C20H14ClN3O4/c21-13-5-8-18-15(10-13)17-11-16(19-2-1-9-27-19)22-23(17)20(28-18)12-3-6-14(7-4-12)24(25)26/h1-10,17,20H,11H2/t17-,20+/m0/s1. The fourth-order valence-corrected chi connectivity index (χ4v) is 3.81. The van der Waals surface area contributed by atoms with Crippen LogP contribution in [-0.2, 0) is 0 Å². The first kappa shape index (κ1) is 16.8. The van der Waals surface area contributed by atoms with Crippen molar-refractivity contribution in [2.24, 2.45) is 5.10 Å². The summed E-state index contributed by atoms with van der Waals surface area (Å²) in [5.41, 5.74) is 2.58. The van der Waals surface area contributed by atoms with Crippen LogP contribution in [0.1, 0.15) is 35.6 Å². The van der Waals surface area contributed by atoms with Crippen LogP contribution < -0.4 is 4.74 Å². The van der Waals surface area contributed by atoms with Crippen LogP contribution in [0, 0.1) is 10.1 Å². The summed E-state index contributed by atoms with van der Waals surface area (Å²) >= 11 is 6.21. The number of nitro benzene ring substituents is 1. The Balaban J connectivity index is 1.58. The van der Waals surface area contributed by atoms with E-state index in [0.29, 0.717) is 17.2 Å². The number of non-ortho nitro benzene ring substituents is 1. The molecule has 0 bridgehead atoms. The molecule has 0 N–H and O–H groups in total. The van der Waals surface area contributed by atoms with Gasteiger partial charge in [0.2, 0.25) is 6.23 Å². The highest BCUT2D eigenvalue weighted by Gasteiger charge is 2.41. The highest BCUT2D eigenvalue weighted by atomic mass is 35.5. The lowest BCUT2D eigenvalue weighted by Crippen LogP contribution is -2.33. The van der Waals surface area contributed by atoms with Gasteiger partial charge in [0, 0.05) is 34.7 Å². The molecule has 3 heterocycles. The van der Waals surface area contributed by atoms with Crippen molar-refractivity contribution in [1.82, 2.24) is 5.01 Å². The van der Waals surface area contributed by atoms with Gasteiger partial charge in [-0.1, -0.05) is 11.6 Å². The second-order valence-electron chi connectivity index (χ2n) is 6.62. The van der Waals surface area contributed by atoms with E-state index in [2.05, 4.69) is 0 Å². The van der Waals surface area contributed by atoms with Gasteiger partial charge < -0.3 is 9.15 Å². The summed E-state index contributed by atoms with van der Waals surface area (Å²) < 4.78 is 11.7. The molecule has 0 aliphatic carbocycles. The lowest BCUT2D eigenvalue weighted by molar-refractivity contribution is -0.384. The van der Waals surface area contributed by atoms with E-state index in [-0.39, 0.29) is 11.7 Å². The third-order valence-electron chi connectivity index (χ3n) is 4.95. The zero-order chi connectivity index (χ0) is 19.3. The Morgan fingerprint density at radius 3 is 2.71 bits per heavy atom. The molecule has 2 aromatic carbocycles. The van der Waals surface area contributed by atoms with Crippen molar-refractivity contribution in [2.45, 2.75) is 18.7 Å². The molecule has 0 unspecified atom stereocenters. The first-order valence-electron chi connectivity index (χ1n) is 8.70.